The molecule has 0 saturated heterocycles. The van der Waals surface area contributed by atoms with Crippen molar-refractivity contribution in [2.75, 3.05) is 0 Å². The van der Waals surface area contributed by atoms with Gasteiger partial charge in [-0.3, -0.25) is 0 Å². The number of rotatable bonds is 4. The molecule has 0 bridgehead atoms. The van der Waals surface area contributed by atoms with E-state index in [1.807, 2.05) is 84.9 Å². The molecule has 3 heterocycles. The Bertz CT molecular complexity index is 2760. The van der Waals surface area contributed by atoms with Gasteiger partial charge in [0.1, 0.15) is 22.3 Å². The van der Waals surface area contributed by atoms with E-state index in [2.05, 4.69) is 34.2 Å². The molecular weight excluding hydrogens is 542 g/mol. The lowest BCUT2D eigenvalue weighted by molar-refractivity contribution is 0.669. The van der Waals surface area contributed by atoms with Crippen LogP contribution in [0.25, 0.3) is 89.2 Å². The van der Waals surface area contributed by atoms with Crippen LogP contribution in [0.3, 0.4) is 0 Å². The van der Waals surface area contributed by atoms with Crippen LogP contribution in [0.1, 0.15) is 6.85 Å². The van der Waals surface area contributed by atoms with E-state index in [0.717, 1.165) is 43.8 Å². The van der Waals surface area contributed by atoms with Crippen molar-refractivity contribution < 1.29 is 15.7 Å². The summed E-state index contributed by atoms with van der Waals surface area (Å²) in [6.45, 7) is 0. The summed E-state index contributed by atoms with van der Waals surface area (Å²) < 4.78 is 54.4. The summed E-state index contributed by atoms with van der Waals surface area (Å²) in [6.07, 6.45) is 0. The topological polar surface area (TPSA) is 65.0 Å². The Morgan fingerprint density at radius 2 is 1.14 bits per heavy atom. The number of hydrogen-bond donors (Lipinski definition) is 0. The largest absolute Gasteiger partial charge is 0.456 e. The van der Waals surface area contributed by atoms with Gasteiger partial charge in [-0.1, -0.05) is 115 Å². The summed E-state index contributed by atoms with van der Waals surface area (Å²) in [5.41, 5.74) is 6.09. The van der Waals surface area contributed by atoms with E-state index >= 15 is 0 Å². The van der Waals surface area contributed by atoms with E-state index in [0.29, 0.717) is 28.1 Å². The molecule has 0 spiro atoms. The normalized spacial score (nSPS) is 13.2. The monoisotopic (exact) mass is 570 g/mol. The predicted octanol–water partition coefficient (Wildman–Crippen LogP) is 10.3. The molecule has 0 fully saturated rings. The van der Waals surface area contributed by atoms with Crippen LogP contribution in [0.2, 0.25) is 0 Å². The minimum Gasteiger partial charge on any atom is -0.456 e. The van der Waals surface area contributed by atoms with E-state index in [4.69, 9.17) is 20.7 Å². The summed E-state index contributed by atoms with van der Waals surface area (Å²) in [5.74, 6) is 0.551. The van der Waals surface area contributed by atoms with Gasteiger partial charge < -0.3 is 8.83 Å². The first-order chi connectivity index (χ1) is 23.9. The van der Waals surface area contributed by atoms with Crippen molar-refractivity contribution in [3.05, 3.63) is 139 Å². The lowest BCUT2D eigenvalue weighted by Gasteiger charge is -2.08. The number of hydrogen-bond acceptors (Lipinski definition) is 5. The van der Waals surface area contributed by atoms with Gasteiger partial charge in [-0.25, -0.2) is 15.0 Å². The first-order valence-corrected chi connectivity index (χ1v) is 14.1. The number of benzene rings is 6. The molecule has 0 radical (unpaired) electrons. The smallest absolute Gasteiger partial charge is 0.164 e. The van der Waals surface area contributed by atoms with Gasteiger partial charge >= 0.3 is 0 Å². The standard InChI is InChI=1S/C39H23N3O2/c1-3-11-24(12-4-1)37-40-38(25-13-5-2-6-14-25)42-39(41-37)26-21-22-31-34(23-26)43-33-20-10-16-28(35(31)33)30-18-9-17-29-27-15-7-8-19-32(27)44-36(29)30/h1-23H/i1D,3D,4D,11D,12D. The predicted molar refractivity (Wildman–Crippen MR) is 176 cm³/mol. The second-order valence-corrected chi connectivity index (χ2v) is 10.4. The zero-order chi connectivity index (χ0) is 33.4. The molecule has 5 nitrogen and oxygen atoms in total. The number of fused-ring (bicyclic) bond motifs is 6. The first-order valence-electron chi connectivity index (χ1n) is 16.6. The third-order valence-electron chi connectivity index (χ3n) is 7.84. The maximum absolute atomic E-state index is 8.57. The highest BCUT2D eigenvalue weighted by molar-refractivity contribution is 6.17. The van der Waals surface area contributed by atoms with Gasteiger partial charge in [0.05, 0.1) is 6.85 Å². The van der Waals surface area contributed by atoms with Crippen LogP contribution in [-0.2, 0) is 0 Å². The lowest BCUT2D eigenvalue weighted by atomic mass is 9.97. The van der Waals surface area contributed by atoms with Gasteiger partial charge in [0.15, 0.2) is 17.5 Å². The minimum atomic E-state index is -0.484. The fourth-order valence-electron chi connectivity index (χ4n) is 5.84. The van der Waals surface area contributed by atoms with E-state index in [-0.39, 0.29) is 29.3 Å². The molecule has 0 N–H and O–H groups in total. The van der Waals surface area contributed by atoms with Crippen LogP contribution < -0.4 is 0 Å². The maximum Gasteiger partial charge on any atom is 0.164 e. The van der Waals surface area contributed by atoms with Crippen LogP contribution >= 0.6 is 0 Å². The molecule has 0 atom stereocenters. The van der Waals surface area contributed by atoms with E-state index in [1.165, 1.54) is 0 Å². The van der Waals surface area contributed by atoms with Crippen LogP contribution in [0, 0.1) is 0 Å². The molecule has 0 aliphatic heterocycles. The van der Waals surface area contributed by atoms with Gasteiger partial charge in [-0.2, -0.15) is 0 Å². The van der Waals surface area contributed by atoms with Crippen molar-refractivity contribution in [1.82, 2.24) is 15.0 Å². The molecule has 206 valence electrons. The van der Waals surface area contributed by atoms with Crippen molar-refractivity contribution in [3.8, 4) is 45.3 Å². The Hall–Kier alpha value is -6.07. The third-order valence-corrected chi connectivity index (χ3v) is 7.84. The van der Waals surface area contributed by atoms with Crippen LogP contribution in [0.15, 0.2) is 148 Å². The molecular formula is C39H23N3O2. The first kappa shape index (κ1) is 19.9. The highest BCUT2D eigenvalue weighted by Gasteiger charge is 2.19. The molecule has 44 heavy (non-hydrogen) atoms. The SMILES string of the molecule is [2H]c1c([2H])c([2H])c(-c2nc(-c3ccccc3)nc(-c3ccc4c(c3)oc3cccc(-c5cccc6c5oc5ccccc56)c34)n2)c([2H])c1[2H]. The van der Waals surface area contributed by atoms with Gasteiger partial charge in [0.25, 0.3) is 0 Å². The summed E-state index contributed by atoms with van der Waals surface area (Å²) >= 11 is 0. The fraction of sp³-hybridized carbons (Fsp3) is 0. The third kappa shape index (κ3) is 3.91. The molecule has 9 rings (SSSR count). The fourth-order valence-corrected chi connectivity index (χ4v) is 5.84. The van der Waals surface area contributed by atoms with Crippen LogP contribution in [0.5, 0.6) is 0 Å². The Morgan fingerprint density at radius 3 is 2.00 bits per heavy atom. The van der Waals surface area contributed by atoms with Crippen molar-refractivity contribution in [2.24, 2.45) is 0 Å². The van der Waals surface area contributed by atoms with Crippen LogP contribution in [-0.4, -0.2) is 15.0 Å². The molecule has 0 aliphatic carbocycles. The highest BCUT2D eigenvalue weighted by Crippen LogP contribution is 2.42. The quantitative estimate of drug-likeness (QED) is 0.211. The number of furan rings is 2. The minimum absolute atomic E-state index is 0.0215. The Labute approximate surface area is 259 Å². The molecule has 3 aromatic heterocycles. The summed E-state index contributed by atoms with van der Waals surface area (Å²) in [4.78, 5) is 14.0. The zero-order valence-corrected chi connectivity index (χ0v) is 23.1. The van der Waals surface area contributed by atoms with Gasteiger partial charge in [0, 0.05) is 43.8 Å². The second-order valence-electron chi connectivity index (χ2n) is 10.4. The van der Waals surface area contributed by atoms with Gasteiger partial charge in [0.2, 0.25) is 0 Å². The molecule has 0 unspecified atom stereocenters. The van der Waals surface area contributed by atoms with Gasteiger partial charge in [-0.05, 0) is 29.8 Å². The molecule has 6 aromatic carbocycles. The van der Waals surface area contributed by atoms with Crippen LogP contribution in [0.4, 0.5) is 0 Å². The summed E-state index contributed by atoms with van der Waals surface area (Å²) in [5, 5.41) is 3.94. The number of para-hydroxylation sites is 2. The molecule has 0 amide bonds. The second kappa shape index (κ2) is 9.75. The average molecular weight is 571 g/mol. The van der Waals surface area contributed by atoms with Crippen molar-refractivity contribution >= 4 is 43.9 Å². The molecule has 5 heteroatoms. The average Bonchev–Trinajstić information content (AvgIpc) is 3.72. The van der Waals surface area contributed by atoms with Crippen molar-refractivity contribution in [2.45, 2.75) is 0 Å². The van der Waals surface area contributed by atoms with Crippen molar-refractivity contribution in [1.29, 1.82) is 0 Å². The Morgan fingerprint density at radius 1 is 0.455 bits per heavy atom. The molecule has 9 aromatic rings. The maximum atomic E-state index is 8.57. The zero-order valence-electron chi connectivity index (χ0n) is 28.1. The molecule has 0 saturated carbocycles. The highest BCUT2D eigenvalue weighted by atomic mass is 16.3. The summed E-state index contributed by atoms with van der Waals surface area (Å²) in [6, 6.07) is 33.0. The van der Waals surface area contributed by atoms with E-state index in [9.17, 15) is 0 Å². The number of nitrogens with zero attached hydrogens (tertiary/aromatic N) is 3. The Kier molecular flexibility index (Phi) is 4.42. The summed E-state index contributed by atoms with van der Waals surface area (Å²) in [7, 11) is 0. The number of aromatic nitrogens is 3. The Balaban J connectivity index is 1.24. The van der Waals surface area contributed by atoms with E-state index < -0.39 is 18.1 Å². The lowest BCUT2D eigenvalue weighted by Crippen LogP contribution is -2.00. The van der Waals surface area contributed by atoms with Gasteiger partial charge in [-0.15, -0.1) is 0 Å². The van der Waals surface area contributed by atoms with Crippen molar-refractivity contribution in [3.63, 3.8) is 0 Å². The molecule has 0 aliphatic rings. The van der Waals surface area contributed by atoms with E-state index in [1.54, 1.807) is 0 Å².